The number of nitrogen functional groups attached to an aromatic ring is 1. The molecule has 1 aliphatic rings. The normalized spacial score (nSPS) is 15.6. The van der Waals surface area contributed by atoms with Gasteiger partial charge in [-0.3, -0.25) is 9.48 Å². The number of ether oxygens (including phenoxy) is 1. The van der Waals surface area contributed by atoms with E-state index in [-0.39, 0.29) is 11.9 Å². The first kappa shape index (κ1) is 19.0. The van der Waals surface area contributed by atoms with E-state index in [1.807, 2.05) is 31.3 Å². The Labute approximate surface area is 178 Å². The summed E-state index contributed by atoms with van der Waals surface area (Å²) < 4.78 is 7.40. The second-order valence-electron chi connectivity index (χ2n) is 7.73. The molecule has 154 valence electrons. The van der Waals surface area contributed by atoms with E-state index in [0.717, 1.165) is 27.4 Å². The molecule has 8 heteroatoms. The van der Waals surface area contributed by atoms with Crippen LogP contribution in [0.4, 0.5) is 5.82 Å². The third-order valence-corrected chi connectivity index (χ3v) is 5.91. The largest absolute Gasteiger partial charge is 0.382 e. The van der Waals surface area contributed by atoms with Crippen molar-refractivity contribution >= 4 is 33.5 Å². The molecule has 0 spiro atoms. The summed E-state index contributed by atoms with van der Waals surface area (Å²) in [4.78, 5) is 19.5. The van der Waals surface area contributed by atoms with Crippen molar-refractivity contribution in [3.63, 3.8) is 0 Å². The molecule has 2 N–H and O–H groups in total. The molecule has 0 saturated carbocycles. The first-order valence-electron chi connectivity index (χ1n) is 9.86. The molecule has 0 radical (unpaired) electrons. The Bertz CT molecular complexity index is 1400. The fourth-order valence-electron chi connectivity index (χ4n) is 4.26. The predicted octanol–water partition coefficient (Wildman–Crippen LogP) is 2.92. The molecule has 0 bridgehead atoms. The van der Waals surface area contributed by atoms with Gasteiger partial charge in [0.15, 0.2) is 0 Å². The third kappa shape index (κ3) is 2.98. The maximum atomic E-state index is 13.4. The summed E-state index contributed by atoms with van der Waals surface area (Å²) in [6.07, 6.45) is 1.74. The Morgan fingerprint density at radius 1 is 1.29 bits per heavy atom. The van der Waals surface area contributed by atoms with E-state index in [9.17, 15) is 4.79 Å². The summed E-state index contributed by atoms with van der Waals surface area (Å²) in [5, 5.41) is 15.1. The van der Waals surface area contributed by atoms with E-state index < -0.39 is 0 Å². The van der Waals surface area contributed by atoms with Crippen LogP contribution in [0.5, 0.6) is 0 Å². The minimum Gasteiger partial charge on any atom is -0.382 e. The lowest BCUT2D eigenvalue weighted by atomic mass is 9.95. The molecule has 31 heavy (non-hydrogen) atoms. The van der Waals surface area contributed by atoms with Crippen LogP contribution in [0.1, 0.15) is 33.1 Å². The zero-order chi connectivity index (χ0) is 21.7. The second kappa shape index (κ2) is 7.07. The van der Waals surface area contributed by atoms with Gasteiger partial charge in [0.1, 0.15) is 11.3 Å². The van der Waals surface area contributed by atoms with Crippen molar-refractivity contribution in [1.82, 2.24) is 19.7 Å². The maximum absolute atomic E-state index is 13.4. The van der Waals surface area contributed by atoms with Gasteiger partial charge in [-0.2, -0.15) is 10.4 Å². The number of nitrogens with two attached hydrogens (primary N) is 1. The fourth-order valence-corrected chi connectivity index (χ4v) is 4.26. The number of anilines is 1. The number of nitriles is 1. The Morgan fingerprint density at radius 2 is 2.13 bits per heavy atom. The monoisotopic (exact) mass is 412 g/mol. The van der Waals surface area contributed by atoms with Crippen LogP contribution in [0.3, 0.4) is 0 Å². The Kier molecular flexibility index (Phi) is 4.34. The van der Waals surface area contributed by atoms with Gasteiger partial charge in [0.2, 0.25) is 0 Å². The molecular weight excluding hydrogens is 392 g/mol. The summed E-state index contributed by atoms with van der Waals surface area (Å²) >= 11 is 0. The first-order chi connectivity index (χ1) is 15.0. The van der Waals surface area contributed by atoms with Crippen LogP contribution in [-0.4, -0.2) is 39.2 Å². The standard InChI is InChI=1S/C23H20N6O2/c1-28(20-12-31-11-15-7-13(9-24)3-5-16(15)20)23(30)14-4-6-19-17(8-14)18-10-26-29(2)21(18)22(25)27-19/h3-8,10,20H,11-12H2,1-2H3,(H2,25,27)/t20-/m1/s1. The fraction of sp³-hybridized carbons (Fsp3) is 0.217. The summed E-state index contributed by atoms with van der Waals surface area (Å²) in [5.74, 6) is 0.285. The number of likely N-dealkylation sites (N-methyl/N-ethyl adjacent to an activating group) is 1. The second-order valence-corrected chi connectivity index (χ2v) is 7.73. The van der Waals surface area contributed by atoms with E-state index in [1.165, 1.54) is 0 Å². The Morgan fingerprint density at radius 3 is 2.94 bits per heavy atom. The molecule has 0 saturated heterocycles. The topological polar surface area (TPSA) is 110 Å². The highest BCUT2D eigenvalue weighted by Gasteiger charge is 2.28. The number of amides is 1. The van der Waals surface area contributed by atoms with E-state index in [4.69, 9.17) is 15.7 Å². The van der Waals surface area contributed by atoms with Crippen molar-refractivity contribution in [3.8, 4) is 6.07 Å². The molecule has 2 aromatic carbocycles. The van der Waals surface area contributed by atoms with E-state index in [1.54, 1.807) is 35.0 Å². The lowest BCUT2D eigenvalue weighted by Gasteiger charge is -2.33. The highest BCUT2D eigenvalue weighted by molar-refractivity contribution is 6.10. The van der Waals surface area contributed by atoms with Crippen LogP contribution < -0.4 is 5.73 Å². The summed E-state index contributed by atoms with van der Waals surface area (Å²) in [7, 11) is 3.59. The molecule has 0 unspecified atom stereocenters. The molecule has 3 heterocycles. The van der Waals surface area contributed by atoms with Crippen molar-refractivity contribution in [2.24, 2.45) is 7.05 Å². The van der Waals surface area contributed by atoms with Gasteiger partial charge in [-0.25, -0.2) is 4.98 Å². The van der Waals surface area contributed by atoms with Gasteiger partial charge < -0.3 is 15.4 Å². The van der Waals surface area contributed by atoms with Gasteiger partial charge in [0, 0.05) is 30.4 Å². The maximum Gasteiger partial charge on any atom is 0.254 e. The number of carbonyl (C=O) groups excluding carboxylic acids is 1. The number of pyridine rings is 1. The molecule has 4 aromatic rings. The van der Waals surface area contributed by atoms with Crippen molar-refractivity contribution < 1.29 is 9.53 Å². The Balaban J connectivity index is 1.54. The molecule has 1 aliphatic heterocycles. The number of nitrogens with zero attached hydrogens (tertiary/aromatic N) is 5. The van der Waals surface area contributed by atoms with Crippen LogP contribution in [0, 0.1) is 11.3 Å². The number of fused-ring (bicyclic) bond motifs is 4. The van der Waals surface area contributed by atoms with Crippen molar-refractivity contribution in [2.75, 3.05) is 19.4 Å². The number of carbonyl (C=O) groups is 1. The average molecular weight is 412 g/mol. The minimum atomic E-state index is -0.234. The number of rotatable bonds is 2. The number of hydrogen-bond donors (Lipinski definition) is 1. The predicted molar refractivity (Wildman–Crippen MR) is 116 cm³/mol. The van der Waals surface area contributed by atoms with Crippen molar-refractivity contribution in [1.29, 1.82) is 5.26 Å². The molecule has 8 nitrogen and oxygen atoms in total. The van der Waals surface area contributed by atoms with E-state index in [0.29, 0.717) is 35.7 Å². The lowest BCUT2D eigenvalue weighted by molar-refractivity contribution is 0.0346. The van der Waals surface area contributed by atoms with Crippen LogP contribution in [0.15, 0.2) is 42.6 Å². The number of hydrogen-bond acceptors (Lipinski definition) is 6. The number of aryl methyl sites for hydroxylation is 1. The van der Waals surface area contributed by atoms with Gasteiger partial charge in [-0.1, -0.05) is 6.07 Å². The quantitative estimate of drug-likeness (QED) is 0.542. The van der Waals surface area contributed by atoms with Crippen molar-refractivity contribution in [2.45, 2.75) is 12.6 Å². The van der Waals surface area contributed by atoms with Crippen LogP contribution in [0.2, 0.25) is 0 Å². The summed E-state index contributed by atoms with van der Waals surface area (Å²) in [5.41, 5.74) is 10.6. The van der Waals surface area contributed by atoms with Crippen LogP contribution >= 0.6 is 0 Å². The summed E-state index contributed by atoms with van der Waals surface area (Å²) in [6, 6.07) is 12.8. The minimum absolute atomic E-state index is 0.124. The lowest BCUT2D eigenvalue weighted by Crippen LogP contribution is -2.36. The van der Waals surface area contributed by atoms with Gasteiger partial charge in [-0.15, -0.1) is 0 Å². The number of benzene rings is 2. The molecule has 0 fully saturated rings. The van der Waals surface area contributed by atoms with Gasteiger partial charge >= 0.3 is 0 Å². The highest BCUT2D eigenvalue weighted by Crippen LogP contribution is 2.32. The first-order valence-corrected chi connectivity index (χ1v) is 9.86. The third-order valence-electron chi connectivity index (χ3n) is 5.91. The smallest absolute Gasteiger partial charge is 0.254 e. The van der Waals surface area contributed by atoms with Crippen molar-refractivity contribution in [3.05, 3.63) is 64.8 Å². The van der Waals surface area contributed by atoms with E-state index in [2.05, 4.69) is 16.2 Å². The molecule has 1 atom stereocenters. The molecule has 0 aliphatic carbocycles. The molecule has 2 aromatic heterocycles. The van der Waals surface area contributed by atoms with E-state index >= 15 is 0 Å². The SMILES string of the molecule is CN(C(=O)c1ccc2nc(N)c3c(cnn3C)c2c1)[C@@H]1COCc2cc(C#N)ccc21. The zero-order valence-electron chi connectivity index (χ0n) is 17.2. The van der Waals surface area contributed by atoms with Gasteiger partial charge in [0.05, 0.1) is 42.6 Å². The van der Waals surface area contributed by atoms with Gasteiger partial charge in [-0.05, 0) is 41.5 Å². The summed E-state index contributed by atoms with van der Waals surface area (Å²) in [6.45, 7) is 0.838. The van der Waals surface area contributed by atoms with Crippen LogP contribution in [0.25, 0.3) is 21.8 Å². The van der Waals surface area contributed by atoms with Crippen LogP contribution in [-0.2, 0) is 18.4 Å². The average Bonchev–Trinajstić information content (AvgIpc) is 3.19. The number of aromatic nitrogens is 3. The molecular formula is C23H20N6O2. The zero-order valence-corrected chi connectivity index (χ0v) is 17.2. The molecule has 1 amide bonds. The highest BCUT2D eigenvalue weighted by atomic mass is 16.5. The molecule has 5 rings (SSSR count). The van der Waals surface area contributed by atoms with Gasteiger partial charge in [0.25, 0.3) is 5.91 Å². The Hall–Kier alpha value is -3.96.